The first-order chi connectivity index (χ1) is 8.61. The molecule has 0 aliphatic carbocycles. The Morgan fingerprint density at radius 2 is 2.33 bits per heavy atom. The molecule has 1 saturated heterocycles. The van der Waals surface area contributed by atoms with Gasteiger partial charge in [0.1, 0.15) is 6.10 Å². The van der Waals surface area contributed by atoms with Crippen LogP contribution in [0.1, 0.15) is 11.7 Å². The van der Waals surface area contributed by atoms with E-state index >= 15 is 0 Å². The number of aryl methyl sites for hydroxylation is 1. The fraction of sp³-hybridized carbons (Fsp3) is 0.667. The molecule has 0 saturated carbocycles. The van der Waals surface area contributed by atoms with E-state index in [1.165, 1.54) is 0 Å². The van der Waals surface area contributed by atoms with E-state index in [0.29, 0.717) is 6.61 Å². The number of aromatic nitrogens is 2. The lowest BCUT2D eigenvalue weighted by atomic mass is 10.1. The molecule has 6 heteroatoms. The lowest BCUT2D eigenvalue weighted by molar-refractivity contribution is -0.00984. The van der Waals surface area contributed by atoms with Gasteiger partial charge in [-0.15, -0.1) is 0 Å². The molecule has 100 valence electrons. The summed E-state index contributed by atoms with van der Waals surface area (Å²) in [5.41, 5.74) is 1.12. The highest BCUT2D eigenvalue weighted by Crippen LogP contribution is 2.21. The number of morpholine rings is 1. The van der Waals surface area contributed by atoms with E-state index in [2.05, 4.69) is 15.0 Å². The van der Waals surface area contributed by atoms with Gasteiger partial charge in [-0.1, -0.05) is 0 Å². The van der Waals surface area contributed by atoms with E-state index in [0.717, 1.165) is 24.6 Å². The van der Waals surface area contributed by atoms with E-state index in [1.807, 2.05) is 45.5 Å². The van der Waals surface area contributed by atoms with Crippen LogP contribution in [0.25, 0.3) is 0 Å². The number of aliphatic imine (C=N–C) groups is 1. The maximum absolute atomic E-state index is 5.81. The van der Waals surface area contributed by atoms with Gasteiger partial charge in [0.05, 0.1) is 19.3 Å². The summed E-state index contributed by atoms with van der Waals surface area (Å²) in [6.07, 6.45) is 3.95. The molecule has 1 aliphatic heterocycles. The van der Waals surface area contributed by atoms with Gasteiger partial charge in [0.15, 0.2) is 5.96 Å². The van der Waals surface area contributed by atoms with Crippen LogP contribution in [-0.4, -0.2) is 66.4 Å². The fourth-order valence-electron chi connectivity index (χ4n) is 2.26. The summed E-state index contributed by atoms with van der Waals surface area (Å²) >= 11 is 0. The number of hydrogen-bond donors (Lipinski definition) is 0. The van der Waals surface area contributed by atoms with Crippen molar-refractivity contribution in [2.24, 2.45) is 12.0 Å². The minimum absolute atomic E-state index is 0.0733. The van der Waals surface area contributed by atoms with Gasteiger partial charge in [-0.25, -0.2) is 0 Å². The van der Waals surface area contributed by atoms with Crippen molar-refractivity contribution in [2.75, 3.05) is 40.8 Å². The Bertz CT molecular complexity index is 426. The molecule has 1 fully saturated rings. The zero-order valence-electron chi connectivity index (χ0n) is 11.5. The SMILES string of the molecule is CN=C(N(C)C)N1CCOC(c2cnn(C)c2)C1. The molecular weight excluding hydrogens is 230 g/mol. The number of ether oxygens (including phenoxy) is 1. The highest BCUT2D eigenvalue weighted by Gasteiger charge is 2.25. The second kappa shape index (κ2) is 5.39. The first kappa shape index (κ1) is 12.9. The number of hydrogen-bond acceptors (Lipinski definition) is 3. The van der Waals surface area contributed by atoms with Crippen LogP contribution in [0.15, 0.2) is 17.4 Å². The molecule has 2 rings (SSSR count). The van der Waals surface area contributed by atoms with Gasteiger partial charge >= 0.3 is 0 Å². The molecule has 0 aromatic carbocycles. The van der Waals surface area contributed by atoms with Gasteiger partial charge in [-0.3, -0.25) is 9.67 Å². The third kappa shape index (κ3) is 2.64. The lowest BCUT2D eigenvalue weighted by Gasteiger charge is -2.36. The summed E-state index contributed by atoms with van der Waals surface area (Å²) in [6, 6.07) is 0. The molecule has 1 aromatic rings. The normalized spacial score (nSPS) is 21.2. The molecule has 6 nitrogen and oxygen atoms in total. The van der Waals surface area contributed by atoms with Crippen LogP contribution >= 0.6 is 0 Å². The van der Waals surface area contributed by atoms with Crippen LogP contribution in [0.5, 0.6) is 0 Å². The summed E-state index contributed by atoms with van der Waals surface area (Å²) in [7, 11) is 7.76. The number of nitrogens with zero attached hydrogens (tertiary/aromatic N) is 5. The molecule has 0 bridgehead atoms. The van der Waals surface area contributed by atoms with Crippen LogP contribution in [-0.2, 0) is 11.8 Å². The van der Waals surface area contributed by atoms with Crippen molar-refractivity contribution in [3.05, 3.63) is 18.0 Å². The Morgan fingerprint density at radius 3 is 2.89 bits per heavy atom. The van der Waals surface area contributed by atoms with E-state index in [-0.39, 0.29) is 6.10 Å². The van der Waals surface area contributed by atoms with Crippen molar-refractivity contribution in [2.45, 2.75) is 6.10 Å². The molecule has 18 heavy (non-hydrogen) atoms. The summed E-state index contributed by atoms with van der Waals surface area (Å²) in [4.78, 5) is 8.62. The Labute approximate surface area is 108 Å². The Kier molecular flexibility index (Phi) is 3.86. The van der Waals surface area contributed by atoms with Gasteiger partial charge in [0.25, 0.3) is 0 Å². The zero-order valence-corrected chi connectivity index (χ0v) is 11.5. The van der Waals surface area contributed by atoms with Gasteiger partial charge in [0, 0.05) is 46.5 Å². The van der Waals surface area contributed by atoms with E-state index < -0.39 is 0 Å². The van der Waals surface area contributed by atoms with Crippen molar-refractivity contribution >= 4 is 5.96 Å². The maximum atomic E-state index is 5.81. The summed E-state index contributed by atoms with van der Waals surface area (Å²) in [6.45, 7) is 2.41. The average molecular weight is 251 g/mol. The lowest BCUT2D eigenvalue weighted by Crippen LogP contribution is -2.47. The molecule has 1 atom stereocenters. The Balaban J connectivity index is 2.09. The molecule has 0 N–H and O–H groups in total. The number of rotatable bonds is 1. The largest absolute Gasteiger partial charge is 0.370 e. The third-order valence-corrected chi connectivity index (χ3v) is 3.05. The molecule has 1 aromatic heterocycles. The van der Waals surface area contributed by atoms with E-state index in [1.54, 1.807) is 4.68 Å². The van der Waals surface area contributed by atoms with Crippen LogP contribution < -0.4 is 0 Å². The minimum atomic E-state index is 0.0733. The van der Waals surface area contributed by atoms with Gasteiger partial charge in [0.2, 0.25) is 0 Å². The maximum Gasteiger partial charge on any atom is 0.195 e. The molecule has 0 amide bonds. The molecule has 1 aliphatic rings. The Morgan fingerprint density at radius 1 is 1.56 bits per heavy atom. The molecule has 0 radical (unpaired) electrons. The van der Waals surface area contributed by atoms with Gasteiger partial charge in [-0.05, 0) is 0 Å². The molecule has 1 unspecified atom stereocenters. The summed E-state index contributed by atoms with van der Waals surface area (Å²) in [5.74, 6) is 0.993. The summed E-state index contributed by atoms with van der Waals surface area (Å²) in [5, 5.41) is 4.19. The monoisotopic (exact) mass is 251 g/mol. The fourth-order valence-corrected chi connectivity index (χ4v) is 2.26. The van der Waals surface area contributed by atoms with Crippen molar-refractivity contribution < 1.29 is 4.74 Å². The second-order valence-corrected chi connectivity index (χ2v) is 4.67. The van der Waals surface area contributed by atoms with Crippen LogP contribution in [0.3, 0.4) is 0 Å². The van der Waals surface area contributed by atoms with Gasteiger partial charge < -0.3 is 14.5 Å². The predicted octanol–water partition coefficient (Wildman–Crippen LogP) is 0.341. The first-order valence-electron chi connectivity index (χ1n) is 6.11. The smallest absolute Gasteiger partial charge is 0.195 e. The van der Waals surface area contributed by atoms with Crippen molar-refractivity contribution in [3.8, 4) is 0 Å². The molecular formula is C12H21N5O. The predicted molar refractivity (Wildman–Crippen MR) is 70.5 cm³/mol. The third-order valence-electron chi connectivity index (χ3n) is 3.05. The molecule has 0 spiro atoms. The minimum Gasteiger partial charge on any atom is -0.370 e. The highest BCUT2D eigenvalue weighted by atomic mass is 16.5. The van der Waals surface area contributed by atoms with E-state index in [4.69, 9.17) is 4.74 Å². The average Bonchev–Trinajstić information content (AvgIpc) is 2.77. The van der Waals surface area contributed by atoms with Crippen molar-refractivity contribution in [1.29, 1.82) is 0 Å². The topological polar surface area (TPSA) is 45.9 Å². The highest BCUT2D eigenvalue weighted by molar-refractivity contribution is 5.79. The molecule has 2 heterocycles. The number of guanidine groups is 1. The summed E-state index contributed by atoms with van der Waals surface area (Å²) < 4.78 is 7.62. The quantitative estimate of drug-likeness (QED) is 0.533. The van der Waals surface area contributed by atoms with E-state index in [9.17, 15) is 0 Å². The second-order valence-electron chi connectivity index (χ2n) is 4.67. The zero-order chi connectivity index (χ0) is 13.1. The van der Waals surface area contributed by atoms with Crippen LogP contribution in [0, 0.1) is 0 Å². The van der Waals surface area contributed by atoms with Crippen molar-refractivity contribution in [3.63, 3.8) is 0 Å². The van der Waals surface area contributed by atoms with Crippen LogP contribution in [0.2, 0.25) is 0 Å². The van der Waals surface area contributed by atoms with Crippen LogP contribution in [0.4, 0.5) is 0 Å². The van der Waals surface area contributed by atoms with Gasteiger partial charge in [-0.2, -0.15) is 5.10 Å². The standard InChI is InChI=1S/C12H21N5O/c1-13-12(15(2)3)17-5-6-18-11(9-17)10-7-14-16(4)8-10/h7-8,11H,5-6,9H2,1-4H3. The first-order valence-corrected chi connectivity index (χ1v) is 6.11. The van der Waals surface area contributed by atoms with Crippen molar-refractivity contribution in [1.82, 2.24) is 19.6 Å². The Hall–Kier alpha value is -1.56.